The van der Waals surface area contributed by atoms with E-state index in [1.807, 2.05) is 0 Å². The molecule has 0 spiro atoms. The van der Waals surface area contributed by atoms with E-state index in [0.717, 1.165) is 23.5 Å². The molecular weight excluding hydrogens is 304 g/mol. The molecule has 0 saturated carbocycles. The van der Waals surface area contributed by atoms with Crippen molar-refractivity contribution in [2.75, 3.05) is 11.5 Å². The lowest BCUT2D eigenvalue weighted by atomic mass is 10.2. The van der Waals surface area contributed by atoms with Crippen LogP contribution < -0.4 is 0 Å². The van der Waals surface area contributed by atoms with E-state index in [2.05, 4.69) is 0 Å². The predicted molar refractivity (Wildman–Crippen MR) is 77.4 cm³/mol. The molecule has 0 bridgehead atoms. The zero-order valence-corrected chi connectivity index (χ0v) is 13.5. The maximum absolute atomic E-state index is 11.1. The van der Waals surface area contributed by atoms with Crippen LogP contribution in [-0.2, 0) is 28.7 Å². The Morgan fingerprint density at radius 3 is 1.25 bits per heavy atom. The Morgan fingerprint density at radius 1 is 0.750 bits per heavy atom. The van der Waals surface area contributed by atoms with Crippen LogP contribution >= 0.6 is 23.5 Å². The number of rotatable bonds is 7. The summed E-state index contributed by atoms with van der Waals surface area (Å²) >= 11 is 1.94. The van der Waals surface area contributed by atoms with Crippen molar-refractivity contribution in [1.82, 2.24) is 0 Å². The first kappa shape index (κ1) is 19.0. The second-order valence-electron chi connectivity index (χ2n) is 3.90. The molecule has 0 aliphatic heterocycles. The molecule has 0 aromatic carbocycles. The molecule has 0 rings (SSSR count). The Balaban J connectivity index is 4.83. The summed E-state index contributed by atoms with van der Waals surface area (Å²) in [5.74, 6) is -0.732. The Hall–Kier alpha value is -1.02. The minimum absolute atomic E-state index is 0.136. The minimum atomic E-state index is -0.767. The highest BCUT2D eigenvalue weighted by molar-refractivity contribution is 8.13. The molecule has 0 fully saturated rings. The van der Waals surface area contributed by atoms with Gasteiger partial charge in [0.05, 0.1) is 0 Å². The molecule has 0 unspecified atom stereocenters. The molecule has 0 aliphatic rings. The van der Waals surface area contributed by atoms with E-state index in [1.165, 1.54) is 27.7 Å². The van der Waals surface area contributed by atoms with Crippen LogP contribution in [0.3, 0.4) is 0 Å². The predicted octanol–water partition coefficient (Wildman–Crippen LogP) is 1.41. The van der Waals surface area contributed by atoms with E-state index in [1.54, 1.807) is 0 Å². The van der Waals surface area contributed by atoms with Gasteiger partial charge in [-0.3, -0.25) is 19.2 Å². The van der Waals surface area contributed by atoms with Crippen LogP contribution in [0.4, 0.5) is 0 Å². The standard InChI is InChI=1S/C12H18O6S2/c1-7(13)17-11(5-19-9(3)15)12(18-8(2)14)6-20-10(4)16/h11-12H,5-6H2,1-4H3/t11-,12-/m0/s1. The minimum Gasteiger partial charge on any atom is -0.458 e. The van der Waals surface area contributed by atoms with Gasteiger partial charge in [0, 0.05) is 39.2 Å². The molecule has 0 amide bonds. The third kappa shape index (κ3) is 9.85. The van der Waals surface area contributed by atoms with Crippen molar-refractivity contribution in [3.05, 3.63) is 0 Å². The highest BCUT2D eigenvalue weighted by atomic mass is 32.2. The molecule has 6 nitrogen and oxygen atoms in total. The van der Waals surface area contributed by atoms with Crippen molar-refractivity contribution in [2.24, 2.45) is 0 Å². The third-order valence-corrected chi connectivity index (χ3v) is 3.75. The van der Waals surface area contributed by atoms with E-state index in [-0.39, 0.29) is 21.7 Å². The maximum atomic E-state index is 11.1. The summed E-state index contributed by atoms with van der Waals surface area (Å²) in [5, 5.41) is -0.272. The molecular formula is C12H18O6S2. The topological polar surface area (TPSA) is 86.7 Å². The van der Waals surface area contributed by atoms with Gasteiger partial charge in [-0.1, -0.05) is 23.5 Å². The van der Waals surface area contributed by atoms with Gasteiger partial charge in [0.1, 0.15) is 12.2 Å². The molecule has 0 saturated heterocycles. The van der Waals surface area contributed by atoms with Crippen LogP contribution in [0.1, 0.15) is 27.7 Å². The molecule has 20 heavy (non-hydrogen) atoms. The number of carbonyl (C=O) groups is 4. The van der Waals surface area contributed by atoms with Crippen LogP contribution in [0.25, 0.3) is 0 Å². The largest absolute Gasteiger partial charge is 0.458 e. The molecule has 0 aliphatic carbocycles. The van der Waals surface area contributed by atoms with E-state index in [0.29, 0.717) is 0 Å². The number of hydrogen-bond donors (Lipinski definition) is 0. The fourth-order valence-electron chi connectivity index (χ4n) is 1.26. The number of thioether (sulfide) groups is 2. The molecule has 114 valence electrons. The smallest absolute Gasteiger partial charge is 0.303 e. The average Bonchev–Trinajstić information content (AvgIpc) is 2.28. The van der Waals surface area contributed by atoms with Gasteiger partial charge in [0.2, 0.25) is 0 Å². The summed E-state index contributed by atoms with van der Waals surface area (Å²) < 4.78 is 10.2. The number of carbonyl (C=O) groups excluding carboxylic acids is 4. The van der Waals surface area contributed by atoms with Crippen LogP contribution in [0.5, 0.6) is 0 Å². The summed E-state index contributed by atoms with van der Waals surface area (Å²) in [5.41, 5.74) is 0. The van der Waals surface area contributed by atoms with Crippen LogP contribution in [-0.4, -0.2) is 45.9 Å². The number of ether oxygens (including phenoxy) is 2. The molecule has 0 N–H and O–H groups in total. The number of esters is 2. The normalized spacial score (nSPS) is 13.2. The Kier molecular flexibility index (Phi) is 9.32. The van der Waals surface area contributed by atoms with Gasteiger partial charge in [-0.2, -0.15) is 0 Å². The van der Waals surface area contributed by atoms with E-state index in [9.17, 15) is 19.2 Å². The van der Waals surface area contributed by atoms with Crippen LogP contribution in [0.2, 0.25) is 0 Å². The number of hydrogen-bond acceptors (Lipinski definition) is 8. The second-order valence-corrected chi connectivity index (χ2v) is 6.29. The van der Waals surface area contributed by atoms with Gasteiger partial charge in [0.25, 0.3) is 0 Å². The highest BCUT2D eigenvalue weighted by Gasteiger charge is 2.28. The fourth-order valence-corrected chi connectivity index (χ4v) is 2.62. The first-order valence-corrected chi connectivity index (χ1v) is 7.80. The van der Waals surface area contributed by atoms with Crippen molar-refractivity contribution in [3.8, 4) is 0 Å². The SMILES string of the molecule is CC(=O)O[C@@H](CSC(C)=O)[C@H](CSC(C)=O)OC(C)=O. The van der Waals surface area contributed by atoms with E-state index in [4.69, 9.17) is 9.47 Å². The van der Waals surface area contributed by atoms with E-state index < -0.39 is 24.1 Å². The molecule has 8 heteroatoms. The third-order valence-electron chi connectivity index (χ3n) is 1.95. The molecule has 0 aromatic heterocycles. The van der Waals surface area contributed by atoms with Crippen molar-refractivity contribution in [2.45, 2.75) is 39.9 Å². The first-order valence-electron chi connectivity index (χ1n) is 5.83. The van der Waals surface area contributed by atoms with Gasteiger partial charge >= 0.3 is 11.9 Å². The van der Waals surface area contributed by atoms with Crippen LogP contribution in [0, 0.1) is 0 Å². The average molecular weight is 322 g/mol. The van der Waals surface area contributed by atoms with Gasteiger partial charge in [-0.25, -0.2) is 0 Å². The van der Waals surface area contributed by atoms with Crippen molar-refractivity contribution >= 4 is 45.7 Å². The van der Waals surface area contributed by atoms with Crippen molar-refractivity contribution in [3.63, 3.8) is 0 Å². The highest BCUT2D eigenvalue weighted by Crippen LogP contribution is 2.18. The summed E-state index contributed by atoms with van der Waals surface area (Å²) in [6, 6.07) is 0. The fraction of sp³-hybridized carbons (Fsp3) is 0.667. The molecule has 0 heterocycles. The lowest BCUT2D eigenvalue weighted by Crippen LogP contribution is -2.38. The van der Waals surface area contributed by atoms with Gasteiger partial charge < -0.3 is 9.47 Å². The van der Waals surface area contributed by atoms with Crippen molar-refractivity contribution in [1.29, 1.82) is 0 Å². The lowest BCUT2D eigenvalue weighted by Gasteiger charge is -2.25. The zero-order chi connectivity index (χ0) is 15.7. The summed E-state index contributed by atoms with van der Waals surface area (Å²) in [4.78, 5) is 44.2. The zero-order valence-electron chi connectivity index (χ0n) is 11.8. The summed E-state index contributed by atoms with van der Waals surface area (Å²) in [6.45, 7) is 5.24. The Labute approximate surface area is 126 Å². The molecule has 0 radical (unpaired) electrons. The Morgan fingerprint density at radius 2 is 1.05 bits per heavy atom. The molecule has 0 aromatic rings. The van der Waals surface area contributed by atoms with Crippen molar-refractivity contribution < 1.29 is 28.7 Å². The van der Waals surface area contributed by atoms with Gasteiger partial charge in [0.15, 0.2) is 10.2 Å². The second kappa shape index (κ2) is 9.82. The monoisotopic (exact) mass is 322 g/mol. The Bertz CT molecular complexity index is 346. The lowest BCUT2D eigenvalue weighted by molar-refractivity contribution is -0.161. The van der Waals surface area contributed by atoms with Crippen LogP contribution in [0.15, 0.2) is 0 Å². The van der Waals surface area contributed by atoms with E-state index >= 15 is 0 Å². The quantitative estimate of drug-likeness (QED) is 0.650. The molecule has 2 atom stereocenters. The van der Waals surface area contributed by atoms with Gasteiger partial charge in [-0.15, -0.1) is 0 Å². The first-order chi connectivity index (χ1) is 9.22. The van der Waals surface area contributed by atoms with Gasteiger partial charge in [-0.05, 0) is 0 Å². The summed E-state index contributed by atoms with van der Waals surface area (Å²) in [7, 11) is 0. The summed E-state index contributed by atoms with van der Waals surface area (Å²) in [6.07, 6.45) is -1.53. The maximum Gasteiger partial charge on any atom is 0.303 e.